The molecular formula is C20H28O4. The standard InChI is InChI=1S/C20H28O4/c1-13(2)10-19(21)23-12-16-7-5-6-14(3)8-9-17-15(4)20(22)24-18(17)11-16/h6,11,13,17-18H,4-5,7-10,12H2,1-3H3/b14-6-,16-11+/t17-,18-/m0/s1. The summed E-state index contributed by atoms with van der Waals surface area (Å²) in [4.78, 5) is 23.7. The minimum absolute atomic E-state index is 0.0142. The maximum Gasteiger partial charge on any atom is 0.334 e. The molecule has 0 aromatic rings. The van der Waals surface area contributed by atoms with Gasteiger partial charge in [0.1, 0.15) is 12.7 Å². The predicted octanol–water partition coefficient (Wildman–Crippen LogP) is 4.12. The van der Waals surface area contributed by atoms with Gasteiger partial charge in [0.2, 0.25) is 0 Å². The van der Waals surface area contributed by atoms with Crippen LogP contribution in [0.2, 0.25) is 0 Å². The van der Waals surface area contributed by atoms with Gasteiger partial charge in [-0.15, -0.1) is 0 Å². The predicted molar refractivity (Wildman–Crippen MR) is 93.2 cm³/mol. The van der Waals surface area contributed by atoms with Crippen LogP contribution in [0.5, 0.6) is 0 Å². The third-order valence-corrected chi connectivity index (χ3v) is 4.55. The fourth-order valence-corrected chi connectivity index (χ4v) is 3.11. The molecule has 0 spiro atoms. The zero-order valence-corrected chi connectivity index (χ0v) is 15.0. The van der Waals surface area contributed by atoms with Crippen molar-refractivity contribution in [2.75, 3.05) is 6.61 Å². The zero-order chi connectivity index (χ0) is 17.7. The van der Waals surface area contributed by atoms with Gasteiger partial charge in [-0.05, 0) is 50.2 Å². The molecule has 1 fully saturated rings. The van der Waals surface area contributed by atoms with E-state index in [9.17, 15) is 9.59 Å². The molecule has 0 bridgehead atoms. The zero-order valence-electron chi connectivity index (χ0n) is 15.0. The van der Waals surface area contributed by atoms with Crippen LogP contribution >= 0.6 is 0 Å². The highest BCUT2D eigenvalue weighted by Crippen LogP contribution is 2.34. The lowest BCUT2D eigenvalue weighted by Crippen LogP contribution is -2.17. The molecule has 0 radical (unpaired) electrons. The molecule has 0 aromatic heterocycles. The highest BCUT2D eigenvalue weighted by molar-refractivity contribution is 5.91. The van der Waals surface area contributed by atoms with E-state index in [2.05, 4.69) is 19.6 Å². The van der Waals surface area contributed by atoms with Crippen molar-refractivity contribution < 1.29 is 19.1 Å². The van der Waals surface area contributed by atoms with Crippen molar-refractivity contribution in [2.24, 2.45) is 11.8 Å². The van der Waals surface area contributed by atoms with E-state index in [1.54, 1.807) is 0 Å². The largest absolute Gasteiger partial charge is 0.461 e. The summed E-state index contributed by atoms with van der Waals surface area (Å²) < 4.78 is 10.9. The Morgan fingerprint density at radius 2 is 2.17 bits per heavy atom. The molecule has 2 aliphatic rings. The van der Waals surface area contributed by atoms with Crippen LogP contribution in [0.1, 0.15) is 52.9 Å². The first-order valence-electron chi connectivity index (χ1n) is 8.77. The highest BCUT2D eigenvalue weighted by Gasteiger charge is 2.37. The van der Waals surface area contributed by atoms with Crippen molar-refractivity contribution in [2.45, 2.75) is 59.0 Å². The molecule has 1 saturated heterocycles. The summed E-state index contributed by atoms with van der Waals surface area (Å²) in [6.45, 7) is 10.3. The molecule has 2 rings (SSSR count). The number of allylic oxidation sites excluding steroid dienone is 2. The van der Waals surface area contributed by atoms with Crippen LogP contribution in [0.3, 0.4) is 0 Å². The summed E-state index contributed by atoms with van der Waals surface area (Å²) in [6.07, 6.45) is 7.85. The van der Waals surface area contributed by atoms with Crippen LogP contribution in [-0.2, 0) is 19.1 Å². The smallest absolute Gasteiger partial charge is 0.334 e. The van der Waals surface area contributed by atoms with Crippen LogP contribution in [0.25, 0.3) is 0 Å². The second-order valence-corrected chi connectivity index (χ2v) is 7.21. The lowest BCUT2D eigenvalue weighted by atomic mass is 9.88. The molecule has 4 nitrogen and oxygen atoms in total. The van der Waals surface area contributed by atoms with Crippen molar-refractivity contribution in [1.29, 1.82) is 0 Å². The van der Waals surface area contributed by atoms with Gasteiger partial charge in [-0.2, -0.15) is 0 Å². The van der Waals surface area contributed by atoms with Crippen molar-refractivity contribution in [1.82, 2.24) is 0 Å². The van der Waals surface area contributed by atoms with Crippen LogP contribution in [-0.4, -0.2) is 24.6 Å². The quantitative estimate of drug-likeness (QED) is 0.441. The van der Waals surface area contributed by atoms with Gasteiger partial charge in [0.05, 0.1) is 0 Å². The number of carbonyl (C=O) groups is 2. The summed E-state index contributed by atoms with van der Waals surface area (Å²) in [7, 11) is 0. The Kier molecular flexibility index (Phi) is 6.41. The first-order valence-corrected chi connectivity index (χ1v) is 8.77. The van der Waals surface area contributed by atoms with Crippen LogP contribution in [0.4, 0.5) is 0 Å². The molecule has 0 unspecified atom stereocenters. The molecule has 0 amide bonds. The Bertz CT molecular complexity index is 568. The molecule has 0 aromatic carbocycles. The SMILES string of the molecule is C=C1C(=O)O[C@H]2/C=C(/COC(=O)CC(C)C)CC/C=C(/C)CC[C@@H]12. The lowest BCUT2D eigenvalue weighted by molar-refractivity contribution is -0.143. The maximum absolute atomic E-state index is 11.9. The van der Waals surface area contributed by atoms with Crippen molar-refractivity contribution >= 4 is 11.9 Å². The summed E-state index contributed by atoms with van der Waals surface area (Å²) in [5, 5.41) is 0. The molecule has 1 heterocycles. The van der Waals surface area contributed by atoms with Crippen LogP contribution < -0.4 is 0 Å². The average Bonchev–Trinajstić information content (AvgIpc) is 2.76. The van der Waals surface area contributed by atoms with E-state index in [-0.39, 0.29) is 36.5 Å². The summed E-state index contributed by atoms with van der Waals surface area (Å²) >= 11 is 0. The lowest BCUT2D eigenvalue weighted by Gasteiger charge is -2.18. The Labute approximate surface area is 144 Å². The summed E-state index contributed by atoms with van der Waals surface area (Å²) in [5.74, 6) is -0.192. The number of esters is 2. The fraction of sp³-hybridized carbons (Fsp3) is 0.600. The van der Waals surface area contributed by atoms with Gasteiger partial charge in [0.15, 0.2) is 0 Å². The highest BCUT2D eigenvalue weighted by atomic mass is 16.6. The molecule has 1 aliphatic carbocycles. The molecule has 4 heteroatoms. The minimum Gasteiger partial charge on any atom is -0.461 e. The number of hydrogen-bond donors (Lipinski definition) is 0. The Morgan fingerprint density at radius 3 is 2.88 bits per heavy atom. The van der Waals surface area contributed by atoms with E-state index in [1.165, 1.54) is 5.57 Å². The molecule has 0 saturated carbocycles. The topological polar surface area (TPSA) is 52.6 Å². The number of carbonyl (C=O) groups excluding carboxylic acids is 2. The average molecular weight is 332 g/mol. The Hall–Kier alpha value is -1.84. The van der Waals surface area contributed by atoms with Crippen molar-refractivity contribution in [3.63, 3.8) is 0 Å². The number of ether oxygens (including phenoxy) is 2. The fourth-order valence-electron chi connectivity index (χ4n) is 3.11. The van der Waals surface area contributed by atoms with E-state index < -0.39 is 0 Å². The molecule has 1 aliphatic heterocycles. The van der Waals surface area contributed by atoms with Gasteiger partial charge in [0, 0.05) is 17.9 Å². The van der Waals surface area contributed by atoms with E-state index in [0.717, 1.165) is 31.3 Å². The maximum atomic E-state index is 11.9. The monoisotopic (exact) mass is 332 g/mol. The van der Waals surface area contributed by atoms with Gasteiger partial charge in [-0.25, -0.2) is 4.79 Å². The summed E-state index contributed by atoms with van der Waals surface area (Å²) in [6, 6.07) is 0. The minimum atomic E-state index is -0.307. The number of hydrogen-bond acceptors (Lipinski definition) is 4. The van der Waals surface area contributed by atoms with Gasteiger partial charge in [-0.1, -0.05) is 32.1 Å². The van der Waals surface area contributed by atoms with E-state index in [1.807, 2.05) is 19.9 Å². The molecule has 132 valence electrons. The van der Waals surface area contributed by atoms with E-state index >= 15 is 0 Å². The van der Waals surface area contributed by atoms with Gasteiger partial charge in [0.25, 0.3) is 0 Å². The van der Waals surface area contributed by atoms with E-state index in [0.29, 0.717) is 12.0 Å². The van der Waals surface area contributed by atoms with Gasteiger partial charge < -0.3 is 9.47 Å². The number of rotatable bonds is 4. The third kappa shape index (κ3) is 5.08. The normalized spacial score (nSPS) is 29.2. The van der Waals surface area contributed by atoms with Gasteiger partial charge >= 0.3 is 11.9 Å². The second-order valence-electron chi connectivity index (χ2n) is 7.21. The summed E-state index contributed by atoms with van der Waals surface area (Å²) in [5.41, 5.74) is 2.88. The third-order valence-electron chi connectivity index (χ3n) is 4.55. The van der Waals surface area contributed by atoms with Crippen molar-refractivity contribution in [3.8, 4) is 0 Å². The molecule has 24 heavy (non-hydrogen) atoms. The van der Waals surface area contributed by atoms with Crippen molar-refractivity contribution in [3.05, 3.63) is 35.5 Å². The first-order chi connectivity index (χ1) is 11.4. The first kappa shape index (κ1) is 18.5. The number of fused-ring (bicyclic) bond motifs is 1. The van der Waals surface area contributed by atoms with Gasteiger partial charge in [-0.3, -0.25) is 4.79 Å². The Balaban J connectivity index is 2.10. The molecular weight excluding hydrogens is 304 g/mol. The Morgan fingerprint density at radius 1 is 1.42 bits per heavy atom. The van der Waals surface area contributed by atoms with Crippen LogP contribution in [0.15, 0.2) is 35.5 Å². The molecule has 0 N–H and O–H groups in total. The van der Waals surface area contributed by atoms with Crippen LogP contribution in [0, 0.1) is 11.8 Å². The van der Waals surface area contributed by atoms with E-state index in [4.69, 9.17) is 9.47 Å². The second kappa shape index (κ2) is 8.32. The molecule has 2 atom stereocenters.